The van der Waals surface area contributed by atoms with Crippen molar-refractivity contribution in [1.29, 1.82) is 0 Å². The van der Waals surface area contributed by atoms with Gasteiger partial charge < -0.3 is 10.8 Å². The van der Waals surface area contributed by atoms with E-state index in [9.17, 15) is 5.11 Å². The second-order valence-electron chi connectivity index (χ2n) is 5.87. The van der Waals surface area contributed by atoms with Crippen molar-refractivity contribution >= 4 is 11.3 Å². The van der Waals surface area contributed by atoms with E-state index in [1.165, 1.54) is 35.4 Å². The third kappa shape index (κ3) is 3.61. The summed E-state index contributed by atoms with van der Waals surface area (Å²) in [7, 11) is 0. The Labute approximate surface area is 126 Å². The normalized spacial score (nSPS) is 19.6. The van der Waals surface area contributed by atoms with Gasteiger partial charge in [0.25, 0.3) is 0 Å². The smallest absolute Gasteiger partial charge is 0.0596 e. The van der Waals surface area contributed by atoms with Gasteiger partial charge in [-0.25, -0.2) is 0 Å². The lowest BCUT2D eigenvalue weighted by molar-refractivity contribution is 0.0900. The highest BCUT2D eigenvalue weighted by molar-refractivity contribution is 7.12. The Bertz CT molecular complexity index is 401. The van der Waals surface area contributed by atoms with E-state index in [1.807, 2.05) is 11.3 Å². The predicted molar refractivity (Wildman–Crippen MR) is 86.1 cm³/mol. The molecular formula is C16H28N2OS. The summed E-state index contributed by atoms with van der Waals surface area (Å²) >= 11 is 1.85. The van der Waals surface area contributed by atoms with Gasteiger partial charge in [-0.05, 0) is 38.3 Å². The van der Waals surface area contributed by atoms with E-state index in [0.717, 1.165) is 13.0 Å². The topological polar surface area (TPSA) is 49.5 Å². The first-order valence-electron chi connectivity index (χ1n) is 7.85. The number of hydrogen-bond donors (Lipinski definition) is 2. The Morgan fingerprint density at radius 3 is 2.60 bits per heavy atom. The number of aliphatic hydroxyl groups excluding tert-OH is 1. The monoisotopic (exact) mass is 296 g/mol. The van der Waals surface area contributed by atoms with Crippen LogP contribution in [0.15, 0.2) is 12.1 Å². The molecule has 0 radical (unpaired) electrons. The summed E-state index contributed by atoms with van der Waals surface area (Å²) in [5, 5.41) is 9.47. The van der Waals surface area contributed by atoms with E-state index >= 15 is 0 Å². The van der Waals surface area contributed by atoms with Gasteiger partial charge in [0, 0.05) is 28.4 Å². The Hall–Kier alpha value is -0.420. The van der Waals surface area contributed by atoms with E-state index in [1.54, 1.807) is 0 Å². The molecule has 0 aromatic carbocycles. The van der Waals surface area contributed by atoms with Crippen LogP contribution in [0.5, 0.6) is 0 Å². The summed E-state index contributed by atoms with van der Waals surface area (Å²) in [4.78, 5) is 5.17. The molecule has 1 aromatic heterocycles. The molecular weight excluding hydrogens is 268 g/mol. The zero-order chi connectivity index (χ0) is 14.5. The number of aryl methyl sites for hydroxylation is 1. The Balaban J connectivity index is 2.26. The Morgan fingerprint density at radius 2 is 2.10 bits per heavy atom. The summed E-state index contributed by atoms with van der Waals surface area (Å²) in [6.07, 6.45) is 6.08. The molecule has 114 valence electrons. The average molecular weight is 296 g/mol. The van der Waals surface area contributed by atoms with Gasteiger partial charge in [0.2, 0.25) is 0 Å². The third-order valence-electron chi connectivity index (χ3n) is 4.44. The van der Waals surface area contributed by atoms with Crippen LogP contribution in [0.1, 0.15) is 54.8 Å². The molecule has 1 aromatic rings. The summed E-state index contributed by atoms with van der Waals surface area (Å²) < 4.78 is 0. The minimum Gasteiger partial charge on any atom is -0.395 e. The van der Waals surface area contributed by atoms with Crippen LogP contribution in [-0.4, -0.2) is 35.2 Å². The van der Waals surface area contributed by atoms with Gasteiger partial charge in [-0.15, -0.1) is 11.3 Å². The minimum absolute atomic E-state index is 0.139. The predicted octanol–water partition coefficient (Wildman–Crippen LogP) is 3.07. The van der Waals surface area contributed by atoms with E-state index in [2.05, 4.69) is 30.9 Å². The standard InChI is InChI=1S/C16H28N2OS/c1-3-14(17)16(15-9-8-12(2)20-15)18(10-11-19)13-6-4-5-7-13/h8-9,13-14,16,19H,3-7,10-11,17H2,1-2H3. The Kier molecular flexibility index (Phi) is 6.02. The fraction of sp³-hybridized carbons (Fsp3) is 0.750. The van der Waals surface area contributed by atoms with Crippen molar-refractivity contribution in [3.63, 3.8) is 0 Å². The summed E-state index contributed by atoms with van der Waals surface area (Å²) in [5.74, 6) is 0. The summed E-state index contributed by atoms with van der Waals surface area (Å²) in [6, 6.07) is 5.39. The van der Waals surface area contributed by atoms with Crippen molar-refractivity contribution in [1.82, 2.24) is 4.90 Å². The molecule has 4 heteroatoms. The number of nitrogens with zero attached hydrogens (tertiary/aromatic N) is 1. The number of rotatable bonds is 7. The molecule has 0 aliphatic heterocycles. The van der Waals surface area contributed by atoms with E-state index in [4.69, 9.17) is 5.73 Å². The molecule has 1 fully saturated rings. The molecule has 1 aliphatic rings. The lowest BCUT2D eigenvalue weighted by Crippen LogP contribution is -2.46. The number of thiophene rings is 1. The van der Waals surface area contributed by atoms with Crippen LogP contribution in [-0.2, 0) is 0 Å². The van der Waals surface area contributed by atoms with Gasteiger partial charge in [-0.1, -0.05) is 19.8 Å². The van der Waals surface area contributed by atoms with Crippen molar-refractivity contribution in [2.24, 2.45) is 5.73 Å². The molecule has 2 rings (SSSR count). The van der Waals surface area contributed by atoms with Crippen molar-refractivity contribution in [2.75, 3.05) is 13.2 Å². The van der Waals surface area contributed by atoms with Gasteiger partial charge in [-0.3, -0.25) is 4.90 Å². The fourth-order valence-electron chi connectivity index (χ4n) is 3.36. The zero-order valence-electron chi connectivity index (χ0n) is 12.7. The highest BCUT2D eigenvalue weighted by Gasteiger charge is 2.33. The molecule has 1 heterocycles. The maximum absolute atomic E-state index is 9.47. The quantitative estimate of drug-likeness (QED) is 0.813. The number of nitrogens with two attached hydrogens (primary N) is 1. The first-order valence-corrected chi connectivity index (χ1v) is 8.67. The maximum atomic E-state index is 9.47. The van der Waals surface area contributed by atoms with Crippen LogP contribution >= 0.6 is 11.3 Å². The molecule has 2 unspecified atom stereocenters. The lowest BCUT2D eigenvalue weighted by atomic mass is 10.00. The van der Waals surface area contributed by atoms with Crippen LogP contribution < -0.4 is 5.73 Å². The molecule has 1 aliphatic carbocycles. The molecule has 0 saturated heterocycles. The molecule has 0 bridgehead atoms. The van der Waals surface area contributed by atoms with E-state index in [-0.39, 0.29) is 18.7 Å². The van der Waals surface area contributed by atoms with Crippen LogP contribution in [0.2, 0.25) is 0 Å². The summed E-state index contributed by atoms with van der Waals surface area (Å²) in [6.45, 7) is 5.26. The van der Waals surface area contributed by atoms with Gasteiger partial charge in [0.1, 0.15) is 0 Å². The molecule has 3 N–H and O–H groups in total. The number of aliphatic hydroxyl groups is 1. The largest absolute Gasteiger partial charge is 0.395 e. The summed E-state index contributed by atoms with van der Waals surface area (Å²) in [5.41, 5.74) is 6.44. The van der Waals surface area contributed by atoms with Crippen LogP contribution in [0, 0.1) is 6.92 Å². The third-order valence-corrected chi connectivity index (χ3v) is 5.51. The van der Waals surface area contributed by atoms with Gasteiger partial charge >= 0.3 is 0 Å². The molecule has 2 atom stereocenters. The maximum Gasteiger partial charge on any atom is 0.0596 e. The van der Waals surface area contributed by atoms with Gasteiger partial charge in [0.05, 0.1) is 12.6 Å². The molecule has 0 spiro atoms. The second kappa shape index (κ2) is 7.55. The highest BCUT2D eigenvalue weighted by Crippen LogP contribution is 2.36. The lowest BCUT2D eigenvalue weighted by Gasteiger charge is -2.38. The average Bonchev–Trinajstić information content (AvgIpc) is 3.09. The molecule has 1 saturated carbocycles. The molecule has 0 amide bonds. The molecule has 3 nitrogen and oxygen atoms in total. The first kappa shape index (κ1) is 16.0. The van der Waals surface area contributed by atoms with E-state index < -0.39 is 0 Å². The van der Waals surface area contributed by atoms with Gasteiger partial charge in [0.15, 0.2) is 0 Å². The van der Waals surface area contributed by atoms with Crippen molar-refractivity contribution in [3.05, 3.63) is 21.9 Å². The number of hydrogen-bond acceptors (Lipinski definition) is 4. The van der Waals surface area contributed by atoms with Crippen LogP contribution in [0.4, 0.5) is 0 Å². The Morgan fingerprint density at radius 1 is 1.40 bits per heavy atom. The van der Waals surface area contributed by atoms with E-state index in [0.29, 0.717) is 6.04 Å². The van der Waals surface area contributed by atoms with Crippen LogP contribution in [0.25, 0.3) is 0 Å². The van der Waals surface area contributed by atoms with Crippen molar-refractivity contribution in [3.8, 4) is 0 Å². The highest BCUT2D eigenvalue weighted by atomic mass is 32.1. The minimum atomic E-state index is 0.139. The SMILES string of the molecule is CCC(N)C(c1ccc(C)s1)N(CCO)C1CCCC1. The van der Waals surface area contributed by atoms with Crippen molar-refractivity contribution < 1.29 is 5.11 Å². The fourth-order valence-corrected chi connectivity index (χ4v) is 4.43. The van der Waals surface area contributed by atoms with Crippen LogP contribution in [0.3, 0.4) is 0 Å². The van der Waals surface area contributed by atoms with Gasteiger partial charge in [-0.2, -0.15) is 0 Å². The molecule has 20 heavy (non-hydrogen) atoms. The van der Waals surface area contributed by atoms with Crippen molar-refractivity contribution in [2.45, 2.75) is 64.1 Å². The second-order valence-corrected chi connectivity index (χ2v) is 7.18. The first-order chi connectivity index (χ1) is 9.67. The zero-order valence-corrected chi connectivity index (χ0v) is 13.5.